The Morgan fingerprint density at radius 1 is 1.00 bits per heavy atom. The van der Waals surface area contributed by atoms with Crippen LogP contribution in [0.1, 0.15) is 34.6 Å². The molecule has 2 nitrogen and oxygen atoms in total. The van der Waals surface area contributed by atoms with Crippen LogP contribution in [0.4, 0.5) is 0 Å². The van der Waals surface area contributed by atoms with Gasteiger partial charge >= 0.3 is 0 Å². The van der Waals surface area contributed by atoms with Gasteiger partial charge in [0.15, 0.2) is 0 Å². The normalized spacial score (nSPS) is 8.94. The minimum absolute atomic E-state index is 0.693. The molecule has 0 rings (SSSR count). The van der Waals surface area contributed by atoms with Crippen molar-refractivity contribution in [3.8, 4) is 0 Å². The molecule has 0 heterocycles. The Morgan fingerprint density at radius 3 is 1.67 bits per heavy atom. The molecule has 0 atom stereocenters. The Bertz CT molecular complexity index is 248. The van der Waals surface area contributed by atoms with E-state index < -0.39 is 0 Å². The summed E-state index contributed by atoms with van der Waals surface area (Å²) < 4.78 is 0. The lowest BCUT2D eigenvalue weighted by atomic mass is 10.3. The van der Waals surface area contributed by atoms with Gasteiger partial charge in [0.25, 0.3) is 0 Å². The summed E-state index contributed by atoms with van der Waals surface area (Å²) in [6, 6.07) is 0. The fourth-order valence-electron chi connectivity index (χ4n) is 0.661. The zero-order valence-electron chi connectivity index (χ0n) is 12.7. The second-order valence-corrected chi connectivity index (χ2v) is 2.08. The van der Waals surface area contributed by atoms with Gasteiger partial charge in [0.1, 0.15) is 0 Å². The van der Waals surface area contributed by atoms with E-state index in [1.807, 2.05) is 40.7 Å². The Hall–Kier alpha value is -1.83. The van der Waals surface area contributed by atoms with Crippen molar-refractivity contribution in [3.05, 3.63) is 62.0 Å². The number of hydrogen-bond donors (Lipinski definition) is 2. The lowest BCUT2D eigenvalue weighted by Gasteiger charge is -2.04. The molecular formula is C16H30N2. The summed E-state index contributed by atoms with van der Waals surface area (Å²) in [6.07, 6.45) is 8.16. The van der Waals surface area contributed by atoms with Gasteiger partial charge in [0, 0.05) is 11.9 Å². The van der Waals surface area contributed by atoms with Crippen molar-refractivity contribution >= 4 is 6.21 Å². The Morgan fingerprint density at radius 2 is 1.44 bits per heavy atom. The smallest absolute Gasteiger partial charge is 0.0562 e. The van der Waals surface area contributed by atoms with Crippen molar-refractivity contribution in [3.63, 3.8) is 0 Å². The fourth-order valence-corrected chi connectivity index (χ4v) is 0.661. The van der Waals surface area contributed by atoms with Crippen LogP contribution in [0.15, 0.2) is 62.0 Å². The van der Waals surface area contributed by atoms with E-state index >= 15 is 0 Å². The van der Waals surface area contributed by atoms with Crippen molar-refractivity contribution in [2.75, 3.05) is 0 Å². The van der Waals surface area contributed by atoms with Crippen LogP contribution in [0, 0.1) is 5.41 Å². The van der Waals surface area contributed by atoms with E-state index in [1.54, 1.807) is 18.2 Å². The number of hydrogen-bond acceptors (Lipinski definition) is 2. The summed E-state index contributed by atoms with van der Waals surface area (Å²) in [7, 11) is 0. The van der Waals surface area contributed by atoms with E-state index in [0.717, 1.165) is 5.70 Å². The van der Waals surface area contributed by atoms with Gasteiger partial charge in [-0.05, 0) is 19.1 Å². The minimum Gasteiger partial charge on any atom is -0.355 e. The van der Waals surface area contributed by atoms with Crippen molar-refractivity contribution in [2.24, 2.45) is 0 Å². The molecule has 104 valence electrons. The molecular weight excluding hydrogens is 220 g/mol. The standard InChI is InChI=1S/C10H14N2.2C2H6.C2H4/c1-4-7-10(8-11)12-9(5-2)6-3;3*1-2/h4-8,11-12H,1-2H2,3H3;2*1-2H3;1-2H2/b9-6+,10-7-,11-8?;;;. The molecule has 0 unspecified atom stereocenters. The summed E-state index contributed by atoms with van der Waals surface area (Å²) in [5.41, 5.74) is 1.57. The molecule has 0 fully saturated rings. The quantitative estimate of drug-likeness (QED) is 0.391. The third-order valence-electron chi connectivity index (χ3n) is 1.27. The summed E-state index contributed by atoms with van der Waals surface area (Å²) in [6.45, 7) is 23.1. The molecule has 18 heavy (non-hydrogen) atoms. The zero-order chi connectivity index (χ0) is 15.4. The average Bonchev–Trinajstić information content (AvgIpc) is 2.49. The van der Waals surface area contributed by atoms with E-state index in [1.165, 1.54) is 6.21 Å². The third-order valence-corrected chi connectivity index (χ3v) is 1.27. The molecule has 0 aromatic heterocycles. The maximum absolute atomic E-state index is 7.04. The Balaban J connectivity index is -0.000000141. The first-order valence-corrected chi connectivity index (χ1v) is 6.17. The molecule has 0 aromatic rings. The van der Waals surface area contributed by atoms with Gasteiger partial charge in [0.05, 0.1) is 5.70 Å². The van der Waals surface area contributed by atoms with E-state index in [4.69, 9.17) is 5.41 Å². The number of nitrogens with one attached hydrogen (secondary N) is 2. The highest BCUT2D eigenvalue weighted by molar-refractivity contribution is 5.76. The van der Waals surface area contributed by atoms with Gasteiger partial charge in [-0.2, -0.15) is 0 Å². The van der Waals surface area contributed by atoms with E-state index in [9.17, 15) is 0 Å². The first-order valence-electron chi connectivity index (χ1n) is 6.17. The topological polar surface area (TPSA) is 35.9 Å². The summed E-state index contributed by atoms with van der Waals surface area (Å²) in [5.74, 6) is 0. The van der Waals surface area contributed by atoms with Crippen LogP contribution < -0.4 is 5.32 Å². The average molecular weight is 250 g/mol. The molecule has 0 aliphatic carbocycles. The summed E-state index contributed by atoms with van der Waals surface area (Å²) >= 11 is 0. The van der Waals surface area contributed by atoms with Gasteiger partial charge in [-0.25, -0.2) is 0 Å². The highest BCUT2D eigenvalue weighted by Gasteiger charge is 1.90. The molecule has 0 aliphatic heterocycles. The SMILES string of the molecule is C=C.C=C/C=C(/C=N)N/C(C=C)=C/C.CC.CC. The molecule has 0 aliphatic rings. The van der Waals surface area contributed by atoms with Gasteiger partial charge in [-0.3, -0.25) is 0 Å². The predicted octanol–water partition coefficient (Wildman–Crippen LogP) is 5.24. The molecule has 0 radical (unpaired) electrons. The monoisotopic (exact) mass is 250 g/mol. The molecule has 0 saturated heterocycles. The van der Waals surface area contributed by atoms with Crippen LogP contribution in [-0.2, 0) is 0 Å². The second-order valence-electron chi connectivity index (χ2n) is 2.08. The zero-order valence-corrected chi connectivity index (χ0v) is 12.7. The van der Waals surface area contributed by atoms with Gasteiger partial charge < -0.3 is 10.7 Å². The second kappa shape index (κ2) is 29.4. The van der Waals surface area contributed by atoms with Crippen LogP contribution in [-0.4, -0.2) is 6.21 Å². The number of rotatable bonds is 5. The molecule has 0 amide bonds. The molecule has 0 bridgehead atoms. The minimum atomic E-state index is 0.693. The van der Waals surface area contributed by atoms with Crippen LogP contribution in [0.5, 0.6) is 0 Å². The first kappa shape index (κ1) is 25.1. The maximum Gasteiger partial charge on any atom is 0.0562 e. The third kappa shape index (κ3) is 19.7. The van der Waals surface area contributed by atoms with Crippen molar-refractivity contribution in [1.82, 2.24) is 5.32 Å². The molecule has 0 spiro atoms. The van der Waals surface area contributed by atoms with Crippen LogP contribution >= 0.6 is 0 Å². The lowest BCUT2D eigenvalue weighted by molar-refractivity contribution is 1.06. The number of allylic oxidation sites excluding steroid dienone is 5. The Kier molecular flexibility index (Phi) is 41.1. The van der Waals surface area contributed by atoms with Gasteiger partial charge in [-0.15, -0.1) is 13.2 Å². The largest absolute Gasteiger partial charge is 0.355 e. The maximum atomic E-state index is 7.04. The lowest BCUT2D eigenvalue weighted by Crippen LogP contribution is -2.11. The molecule has 0 aromatic carbocycles. The highest BCUT2D eigenvalue weighted by Crippen LogP contribution is 1.94. The highest BCUT2D eigenvalue weighted by atomic mass is 14.9. The van der Waals surface area contributed by atoms with Crippen molar-refractivity contribution < 1.29 is 0 Å². The van der Waals surface area contributed by atoms with E-state index in [0.29, 0.717) is 5.70 Å². The summed E-state index contributed by atoms with van der Waals surface area (Å²) in [5, 5.41) is 10.0. The molecule has 0 saturated carbocycles. The molecule has 2 N–H and O–H groups in total. The van der Waals surface area contributed by atoms with Crippen molar-refractivity contribution in [1.29, 1.82) is 5.41 Å². The van der Waals surface area contributed by atoms with Gasteiger partial charge in [-0.1, -0.05) is 53.0 Å². The van der Waals surface area contributed by atoms with Crippen LogP contribution in [0.25, 0.3) is 0 Å². The summed E-state index contributed by atoms with van der Waals surface area (Å²) in [4.78, 5) is 0. The first-order chi connectivity index (χ1) is 8.78. The van der Waals surface area contributed by atoms with E-state index in [2.05, 4.69) is 31.6 Å². The predicted molar refractivity (Wildman–Crippen MR) is 88.1 cm³/mol. The van der Waals surface area contributed by atoms with Crippen LogP contribution in [0.3, 0.4) is 0 Å². The van der Waals surface area contributed by atoms with Crippen molar-refractivity contribution in [2.45, 2.75) is 34.6 Å². The van der Waals surface area contributed by atoms with E-state index in [-0.39, 0.29) is 0 Å². The fraction of sp³-hybridized carbons (Fsp3) is 0.312. The Labute approximate surface area is 114 Å². The van der Waals surface area contributed by atoms with Crippen LogP contribution in [0.2, 0.25) is 0 Å². The molecule has 2 heteroatoms. The van der Waals surface area contributed by atoms with Gasteiger partial charge in [0.2, 0.25) is 0 Å².